The van der Waals surface area contributed by atoms with E-state index >= 15 is 0 Å². The minimum atomic E-state index is -4.43. The van der Waals surface area contributed by atoms with Crippen LogP contribution in [0.2, 0.25) is 0 Å². The van der Waals surface area contributed by atoms with Crippen molar-refractivity contribution in [2.75, 3.05) is 31.1 Å². The quantitative estimate of drug-likeness (QED) is 0.925. The van der Waals surface area contributed by atoms with Gasteiger partial charge in [-0.3, -0.25) is 4.90 Å². The molecule has 0 radical (unpaired) electrons. The number of piperazine rings is 1. The van der Waals surface area contributed by atoms with Crippen LogP contribution in [0.25, 0.3) is 0 Å². The van der Waals surface area contributed by atoms with Gasteiger partial charge in [-0.25, -0.2) is 0 Å². The molecule has 0 atom stereocenters. The molecule has 2 aromatic rings. The molecule has 1 aliphatic heterocycles. The van der Waals surface area contributed by atoms with E-state index in [0.29, 0.717) is 12.1 Å². The summed E-state index contributed by atoms with van der Waals surface area (Å²) in [6.07, 6.45) is -4.43. The van der Waals surface area contributed by atoms with Crippen molar-refractivity contribution in [2.24, 2.45) is 0 Å². The molecular weight excluding hydrogens is 317 g/mol. The Balaban J connectivity index is 1.60. The molecule has 1 heterocycles. The Morgan fingerprint density at radius 2 is 1.58 bits per heavy atom. The fraction of sp³-hybridized carbons (Fsp3) is 0.333. The van der Waals surface area contributed by atoms with Gasteiger partial charge in [0.05, 0.1) is 5.56 Å². The van der Waals surface area contributed by atoms with Crippen molar-refractivity contribution in [1.29, 1.82) is 0 Å². The number of phenols is 1. The number of para-hydroxylation sites is 1. The van der Waals surface area contributed by atoms with Crippen LogP contribution in [-0.4, -0.2) is 36.2 Å². The normalized spacial score (nSPS) is 16.4. The van der Waals surface area contributed by atoms with Gasteiger partial charge in [-0.1, -0.05) is 24.3 Å². The Bertz CT molecular complexity index is 680. The van der Waals surface area contributed by atoms with Crippen LogP contribution in [0.5, 0.6) is 5.75 Å². The highest BCUT2D eigenvalue weighted by atomic mass is 19.4. The molecule has 1 fully saturated rings. The van der Waals surface area contributed by atoms with Crippen LogP contribution < -0.4 is 4.90 Å². The van der Waals surface area contributed by atoms with Gasteiger partial charge in [-0.2, -0.15) is 13.2 Å². The molecule has 0 unspecified atom stereocenters. The zero-order chi connectivity index (χ0) is 17.2. The first-order chi connectivity index (χ1) is 11.4. The largest absolute Gasteiger partial charge is 0.508 e. The van der Waals surface area contributed by atoms with E-state index in [1.165, 1.54) is 11.8 Å². The Labute approximate surface area is 138 Å². The lowest BCUT2D eigenvalue weighted by atomic mass is 10.1. The zero-order valence-electron chi connectivity index (χ0n) is 13.1. The first-order valence-electron chi connectivity index (χ1n) is 7.85. The van der Waals surface area contributed by atoms with Gasteiger partial charge in [0.1, 0.15) is 5.75 Å². The maximum absolute atomic E-state index is 12.6. The molecule has 0 bridgehead atoms. The van der Waals surface area contributed by atoms with Crippen molar-refractivity contribution in [3.63, 3.8) is 0 Å². The van der Waals surface area contributed by atoms with Gasteiger partial charge >= 0.3 is 6.18 Å². The maximum Gasteiger partial charge on any atom is 0.416 e. The zero-order valence-corrected chi connectivity index (χ0v) is 13.1. The highest BCUT2D eigenvalue weighted by Crippen LogP contribution is 2.33. The lowest BCUT2D eigenvalue weighted by molar-refractivity contribution is -0.137. The number of hydrogen-bond acceptors (Lipinski definition) is 3. The third-order valence-corrected chi connectivity index (χ3v) is 4.30. The highest BCUT2D eigenvalue weighted by Gasteiger charge is 2.31. The van der Waals surface area contributed by atoms with Crippen molar-refractivity contribution >= 4 is 5.69 Å². The third-order valence-electron chi connectivity index (χ3n) is 4.30. The molecule has 3 rings (SSSR count). The second kappa shape index (κ2) is 6.73. The Kier molecular flexibility index (Phi) is 4.66. The van der Waals surface area contributed by atoms with Crippen LogP contribution in [0.1, 0.15) is 11.1 Å². The van der Waals surface area contributed by atoms with E-state index < -0.39 is 11.7 Å². The van der Waals surface area contributed by atoms with E-state index in [4.69, 9.17) is 0 Å². The van der Waals surface area contributed by atoms with E-state index in [1.54, 1.807) is 0 Å². The molecule has 1 saturated heterocycles. The fourth-order valence-electron chi connectivity index (χ4n) is 2.92. The number of hydrogen-bond donors (Lipinski definition) is 1. The predicted octanol–water partition coefficient (Wildman–Crippen LogP) is 3.73. The smallest absolute Gasteiger partial charge is 0.416 e. The maximum atomic E-state index is 12.6. The average molecular weight is 336 g/mol. The van der Waals surface area contributed by atoms with Crippen molar-refractivity contribution in [3.05, 3.63) is 59.7 Å². The molecule has 1 N–H and O–H groups in total. The summed E-state index contributed by atoms with van der Waals surface area (Å²) in [5.41, 5.74) is 0.878. The second-order valence-electron chi connectivity index (χ2n) is 5.94. The molecular formula is C18H19F3N2O. The van der Waals surface area contributed by atoms with Crippen LogP contribution in [0.15, 0.2) is 48.5 Å². The minimum absolute atomic E-state index is 0.296. The molecule has 24 heavy (non-hydrogen) atoms. The van der Waals surface area contributed by atoms with Crippen LogP contribution in [0.4, 0.5) is 18.9 Å². The van der Waals surface area contributed by atoms with Crippen molar-refractivity contribution in [1.82, 2.24) is 4.90 Å². The topological polar surface area (TPSA) is 26.7 Å². The summed E-state index contributed by atoms with van der Waals surface area (Å²) in [4.78, 5) is 4.42. The summed E-state index contributed by atoms with van der Waals surface area (Å²) in [6.45, 7) is 3.76. The second-order valence-corrected chi connectivity index (χ2v) is 5.94. The van der Waals surface area contributed by atoms with Crippen molar-refractivity contribution in [3.8, 4) is 5.75 Å². The number of aromatic hydroxyl groups is 1. The minimum Gasteiger partial charge on any atom is -0.508 e. The van der Waals surface area contributed by atoms with Crippen LogP contribution >= 0.6 is 0 Å². The van der Waals surface area contributed by atoms with Gasteiger partial charge in [0, 0.05) is 44.0 Å². The molecule has 0 aliphatic carbocycles. The number of benzene rings is 2. The molecule has 0 spiro atoms. The van der Waals surface area contributed by atoms with E-state index in [0.717, 1.165) is 38.3 Å². The standard InChI is InChI=1S/C18H19F3N2O/c19-18(20,21)15-7-6-14(17(24)12-15)13-22-8-10-23(11-9-22)16-4-2-1-3-5-16/h1-7,12,24H,8-11,13H2. The summed E-state index contributed by atoms with van der Waals surface area (Å²) in [7, 11) is 0. The summed E-state index contributed by atoms with van der Waals surface area (Å²) in [6, 6.07) is 13.3. The molecule has 2 aromatic carbocycles. The van der Waals surface area contributed by atoms with Gasteiger partial charge < -0.3 is 10.0 Å². The van der Waals surface area contributed by atoms with Crippen molar-refractivity contribution < 1.29 is 18.3 Å². The number of nitrogens with zero attached hydrogens (tertiary/aromatic N) is 2. The van der Waals surface area contributed by atoms with E-state index in [-0.39, 0.29) is 5.75 Å². The predicted molar refractivity (Wildman–Crippen MR) is 87.0 cm³/mol. The number of phenolic OH excluding ortho intramolecular Hbond substituents is 1. The summed E-state index contributed by atoms with van der Waals surface area (Å²) < 4.78 is 37.9. The first kappa shape index (κ1) is 16.6. The van der Waals surface area contributed by atoms with Crippen LogP contribution in [-0.2, 0) is 12.7 Å². The molecule has 0 saturated carbocycles. The molecule has 0 aromatic heterocycles. The molecule has 6 heteroatoms. The Morgan fingerprint density at radius 1 is 0.917 bits per heavy atom. The summed E-state index contributed by atoms with van der Waals surface area (Å²) >= 11 is 0. The van der Waals surface area contributed by atoms with E-state index in [1.807, 2.05) is 18.2 Å². The van der Waals surface area contributed by atoms with Crippen molar-refractivity contribution in [2.45, 2.75) is 12.7 Å². The Morgan fingerprint density at radius 3 is 2.17 bits per heavy atom. The number of halogens is 3. The first-order valence-corrected chi connectivity index (χ1v) is 7.85. The summed E-state index contributed by atoms with van der Waals surface area (Å²) in [5, 5.41) is 9.88. The number of rotatable bonds is 3. The van der Waals surface area contributed by atoms with Crippen LogP contribution in [0.3, 0.4) is 0 Å². The van der Waals surface area contributed by atoms with Gasteiger partial charge in [-0.05, 0) is 24.3 Å². The fourth-order valence-corrected chi connectivity index (χ4v) is 2.92. The lowest BCUT2D eigenvalue weighted by Gasteiger charge is -2.36. The number of alkyl halides is 3. The van der Waals surface area contributed by atoms with Crippen LogP contribution in [0, 0.1) is 0 Å². The van der Waals surface area contributed by atoms with E-state index in [9.17, 15) is 18.3 Å². The molecule has 3 nitrogen and oxygen atoms in total. The van der Waals surface area contributed by atoms with E-state index in [2.05, 4.69) is 21.9 Å². The SMILES string of the molecule is Oc1cc(C(F)(F)F)ccc1CN1CCN(c2ccccc2)CC1. The summed E-state index contributed by atoms with van der Waals surface area (Å²) in [5.74, 6) is -0.296. The lowest BCUT2D eigenvalue weighted by Crippen LogP contribution is -2.45. The molecule has 128 valence electrons. The van der Waals surface area contributed by atoms with Gasteiger partial charge in [-0.15, -0.1) is 0 Å². The van der Waals surface area contributed by atoms with Gasteiger partial charge in [0.15, 0.2) is 0 Å². The Hall–Kier alpha value is -2.21. The van der Waals surface area contributed by atoms with Gasteiger partial charge in [0.2, 0.25) is 0 Å². The van der Waals surface area contributed by atoms with Gasteiger partial charge in [0.25, 0.3) is 0 Å². The number of anilines is 1. The molecule has 0 amide bonds. The monoisotopic (exact) mass is 336 g/mol. The average Bonchev–Trinajstić information content (AvgIpc) is 2.57. The molecule has 1 aliphatic rings. The highest BCUT2D eigenvalue weighted by molar-refractivity contribution is 5.46. The third kappa shape index (κ3) is 3.82.